The van der Waals surface area contributed by atoms with E-state index in [0.717, 1.165) is 16.5 Å². The van der Waals surface area contributed by atoms with Crippen LogP contribution in [0.5, 0.6) is 11.6 Å². The first-order valence-corrected chi connectivity index (χ1v) is 12.0. The summed E-state index contributed by atoms with van der Waals surface area (Å²) in [5.41, 5.74) is 3.38. The van der Waals surface area contributed by atoms with E-state index in [0.29, 0.717) is 28.9 Å². The number of aromatic nitrogens is 3. The highest BCUT2D eigenvalue weighted by atomic mass is 16.5. The zero-order chi connectivity index (χ0) is 25.9. The quantitative estimate of drug-likeness (QED) is 0.311. The van der Waals surface area contributed by atoms with Gasteiger partial charge in [0.05, 0.1) is 23.4 Å². The lowest BCUT2D eigenvalue weighted by atomic mass is 9.99. The van der Waals surface area contributed by atoms with Crippen LogP contribution in [0.4, 0.5) is 0 Å². The Kier molecular flexibility index (Phi) is 7.12. The summed E-state index contributed by atoms with van der Waals surface area (Å²) in [7, 11) is 0. The van der Waals surface area contributed by atoms with Crippen LogP contribution in [0.1, 0.15) is 51.8 Å². The lowest BCUT2D eigenvalue weighted by molar-refractivity contribution is 0.124. The summed E-state index contributed by atoms with van der Waals surface area (Å²) in [4.78, 5) is 22.4. The molecule has 6 nitrogen and oxygen atoms in total. The van der Waals surface area contributed by atoms with Gasteiger partial charge in [-0.1, -0.05) is 50.1 Å². The Morgan fingerprint density at radius 1 is 1.03 bits per heavy atom. The molecule has 2 aromatic heterocycles. The standard InChI is InChI=1S/C30H31N3O3/c1-7-17-35-24-15-16-26-25(18-24)28(22-13-11-21(12-14-22)20(2)3)32-29(34)33(26)19-23-9-8-10-27(31-23)36-30(4,5)6/h1,8-16,18,20H,17,19H2,2-6H3. The fourth-order valence-corrected chi connectivity index (χ4v) is 3.95. The molecular weight excluding hydrogens is 450 g/mol. The van der Waals surface area contributed by atoms with Crippen LogP contribution in [0.3, 0.4) is 0 Å². The Morgan fingerprint density at radius 3 is 2.44 bits per heavy atom. The van der Waals surface area contributed by atoms with E-state index in [1.807, 2.05) is 69.3 Å². The number of ether oxygens (including phenoxy) is 2. The van der Waals surface area contributed by atoms with Crippen molar-refractivity contribution in [1.29, 1.82) is 0 Å². The first kappa shape index (κ1) is 25.0. The van der Waals surface area contributed by atoms with Crippen LogP contribution >= 0.6 is 0 Å². The maximum atomic E-state index is 13.3. The van der Waals surface area contributed by atoms with Crippen molar-refractivity contribution >= 4 is 10.9 Å². The molecule has 6 heteroatoms. The number of benzene rings is 2. The molecule has 184 valence electrons. The van der Waals surface area contributed by atoms with Gasteiger partial charge in [0.25, 0.3) is 0 Å². The second-order valence-electron chi connectivity index (χ2n) is 9.96. The number of nitrogens with zero attached hydrogens (tertiary/aromatic N) is 3. The number of rotatable bonds is 7. The van der Waals surface area contributed by atoms with Gasteiger partial charge in [-0.3, -0.25) is 4.57 Å². The Labute approximate surface area is 211 Å². The molecule has 0 unspecified atom stereocenters. The van der Waals surface area contributed by atoms with E-state index in [2.05, 4.69) is 41.9 Å². The predicted octanol–water partition coefficient (Wildman–Crippen LogP) is 5.82. The Balaban J connectivity index is 1.83. The molecular formula is C30H31N3O3. The number of fused-ring (bicyclic) bond motifs is 1. The van der Waals surface area contributed by atoms with Gasteiger partial charge in [-0.05, 0) is 56.5 Å². The summed E-state index contributed by atoms with van der Waals surface area (Å²) in [6.45, 7) is 10.6. The molecule has 0 aliphatic carbocycles. The largest absolute Gasteiger partial charge is 0.481 e. The maximum Gasteiger partial charge on any atom is 0.348 e. The molecule has 4 aromatic rings. The van der Waals surface area contributed by atoms with Crippen molar-refractivity contribution < 1.29 is 9.47 Å². The molecule has 0 radical (unpaired) electrons. The van der Waals surface area contributed by atoms with Gasteiger partial charge in [0, 0.05) is 17.0 Å². The highest BCUT2D eigenvalue weighted by molar-refractivity contribution is 5.93. The molecule has 0 saturated carbocycles. The molecule has 4 rings (SSSR count). The average molecular weight is 482 g/mol. The van der Waals surface area contributed by atoms with Gasteiger partial charge in [-0.2, -0.15) is 4.98 Å². The smallest absolute Gasteiger partial charge is 0.348 e. The van der Waals surface area contributed by atoms with Gasteiger partial charge in [0.2, 0.25) is 5.88 Å². The van der Waals surface area contributed by atoms with Crippen molar-refractivity contribution in [2.24, 2.45) is 0 Å². The first-order valence-electron chi connectivity index (χ1n) is 12.0. The second kappa shape index (κ2) is 10.2. The van der Waals surface area contributed by atoms with E-state index in [-0.39, 0.29) is 24.4 Å². The van der Waals surface area contributed by atoms with Crippen LogP contribution in [0.15, 0.2) is 65.5 Å². The van der Waals surface area contributed by atoms with Gasteiger partial charge < -0.3 is 9.47 Å². The van der Waals surface area contributed by atoms with Crippen LogP contribution in [0.25, 0.3) is 22.2 Å². The molecule has 0 saturated heterocycles. The summed E-state index contributed by atoms with van der Waals surface area (Å²) in [5.74, 6) is 4.03. The maximum absolute atomic E-state index is 13.3. The van der Waals surface area contributed by atoms with Gasteiger partial charge in [-0.25, -0.2) is 9.78 Å². The summed E-state index contributed by atoms with van der Waals surface area (Å²) in [6, 6.07) is 19.3. The molecule has 2 heterocycles. The summed E-state index contributed by atoms with van der Waals surface area (Å²) in [5, 5.41) is 0.795. The van der Waals surface area contributed by atoms with E-state index < -0.39 is 0 Å². The molecule has 36 heavy (non-hydrogen) atoms. The van der Waals surface area contributed by atoms with Gasteiger partial charge >= 0.3 is 5.69 Å². The van der Waals surface area contributed by atoms with E-state index in [9.17, 15) is 4.79 Å². The van der Waals surface area contributed by atoms with Crippen LogP contribution < -0.4 is 15.2 Å². The molecule has 0 N–H and O–H groups in total. The van der Waals surface area contributed by atoms with Gasteiger partial charge in [0.1, 0.15) is 18.0 Å². The molecule has 0 amide bonds. The van der Waals surface area contributed by atoms with Gasteiger partial charge in [-0.15, -0.1) is 6.42 Å². The van der Waals surface area contributed by atoms with Crippen LogP contribution in [0, 0.1) is 12.3 Å². The first-order chi connectivity index (χ1) is 17.1. The third kappa shape index (κ3) is 5.75. The van der Waals surface area contributed by atoms with Crippen molar-refractivity contribution in [3.05, 3.63) is 82.4 Å². The molecule has 0 fully saturated rings. The van der Waals surface area contributed by atoms with E-state index in [1.165, 1.54) is 5.56 Å². The highest BCUT2D eigenvalue weighted by Crippen LogP contribution is 2.30. The highest BCUT2D eigenvalue weighted by Gasteiger charge is 2.16. The minimum atomic E-state index is -0.377. The minimum absolute atomic E-state index is 0.154. The predicted molar refractivity (Wildman–Crippen MR) is 144 cm³/mol. The molecule has 2 aromatic carbocycles. The fourth-order valence-electron chi connectivity index (χ4n) is 3.95. The average Bonchev–Trinajstić information content (AvgIpc) is 2.83. The van der Waals surface area contributed by atoms with E-state index >= 15 is 0 Å². The van der Waals surface area contributed by atoms with Crippen LogP contribution in [-0.4, -0.2) is 26.7 Å². The Hall–Kier alpha value is -4.11. The summed E-state index contributed by atoms with van der Waals surface area (Å²) in [6.07, 6.45) is 5.38. The van der Waals surface area contributed by atoms with E-state index in [4.69, 9.17) is 15.9 Å². The summed E-state index contributed by atoms with van der Waals surface area (Å²) < 4.78 is 13.2. The SMILES string of the molecule is C#CCOc1ccc2c(c1)c(-c1ccc(C(C)C)cc1)nc(=O)n2Cc1cccc(OC(C)(C)C)n1. The number of pyridine rings is 1. The summed E-state index contributed by atoms with van der Waals surface area (Å²) >= 11 is 0. The zero-order valence-corrected chi connectivity index (χ0v) is 21.4. The zero-order valence-electron chi connectivity index (χ0n) is 21.4. The molecule has 0 atom stereocenters. The Bertz CT molecular complexity index is 1470. The normalized spacial score (nSPS) is 11.5. The molecule has 0 aliphatic rings. The molecule has 0 spiro atoms. The third-order valence-corrected chi connectivity index (χ3v) is 5.64. The number of hydrogen-bond acceptors (Lipinski definition) is 5. The van der Waals surface area contributed by atoms with Gasteiger partial charge in [0.15, 0.2) is 0 Å². The number of terminal acetylenes is 1. The van der Waals surface area contributed by atoms with Crippen molar-refractivity contribution in [2.45, 2.75) is 52.7 Å². The number of hydrogen-bond donors (Lipinski definition) is 0. The third-order valence-electron chi connectivity index (χ3n) is 5.64. The molecule has 0 bridgehead atoms. The fraction of sp³-hybridized carbons (Fsp3) is 0.300. The van der Waals surface area contributed by atoms with Crippen molar-refractivity contribution in [3.63, 3.8) is 0 Å². The van der Waals surface area contributed by atoms with Crippen molar-refractivity contribution in [2.75, 3.05) is 6.61 Å². The van der Waals surface area contributed by atoms with Crippen LogP contribution in [-0.2, 0) is 6.54 Å². The lowest BCUT2D eigenvalue weighted by Crippen LogP contribution is -2.26. The van der Waals surface area contributed by atoms with Crippen molar-refractivity contribution in [1.82, 2.24) is 14.5 Å². The van der Waals surface area contributed by atoms with Crippen molar-refractivity contribution in [3.8, 4) is 35.2 Å². The Morgan fingerprint density at radius 2 is 1.78 bits per heavy atom. The van der Waals surface area contributed by atoms with Crippen LogP contribution in [0.2, 0.25) is 0 Å². The monoisotopic (exact) mass is 481 g/mol. The molecule has 0 aliphatic heterocycles. The minimum Gasteiger partial charge on any atom is -0.481 e. The van der Waals surface area contributed by atoms with E-state index in [1.54, 1.807) is 4.57 Å². The second-order valence-corrected chi connectivity index (χ2v) is 9.96. The topological polar surface area (TPSA) is 66.2 Å². The lowest BCUT2D eigenvalue weighted by Gasteiger charge is -2.20.